The number of hydrogen-bond acceptors (Lipinski definition) is 2. The Hall–Kier alpha value is -1.88. The maximum Gasteiger partial charge on any atom is 0.419 e. The molecule has 0 bridgehead atoms. The van der Waals surface area contributed by atoms with Crippen molar-refractivity contribution in [3.8, 4) is 0 Å². The van der Waals surface area contributed by atoms with Gasteiger partial charge in [0, 0.05) is 12.6 Å². The van der Waals surface area contributed by atoms with Crippen LogP contribution < -0.4 is 5.76 Å². The van der Waals surface area contributed by atoms with Crippen molar-refractivity contribution in [1.82, 2.24) is 4.57 Å². The number of oxazole rings is 1. The van der Waals surface area contributed by atoms with Gasteiger partial charge in [-0.05, 0) is 36.2 Å². The lowest BCUT2D eigenvalue weighted by atomic mass is 10.0. The Morgan fingerprint density at radius 3 is 2.71 bits per heavy atom. The molecule has 5 heteroatoms. The SMILES string of the molecule is Cc1ccc(C(Br)c2ccc3c(c2)oc(=O)n3C)c(F)c1. The van der Waals surface area contributed by atoms with Gasteiger partial charge in [0.1, 0.15) is 5.82 Å². The number of nitrogens with zero attached hydrogens (tertiary/aromatic N) is 1. The van der Waals surface area contributed by atoms with Crippen LogP contribution in [0.4, 0.5) is 4.39 Å². The van der Waals surface area contributed by atoms with Crippen LogP contribution in [0.5, 0.6) is 0 Å². The van der Waals surface area contributed by atoms with Crippen molar-refractivity contribution in [2.24, 2.45) is 7.05 Å². The molecule has 3 nitrogen and oxygen atoms in total. The standard InChI is InChI=1S/C16H13BrFNO2/c1-9-3-5-11(12(18)7-9)15(17)10-4-6-13-14(8-10)21-16(20)19(13)2/h3-8,15H,1-2H3. The lowest BCUT2D eigenvalue weighted by Gasteiger charge is -2.12. The van der Waals surface area contributed by atoms with E-state index in [1.807, 2.05) is 19.1 Å². The van der Waals surface area contributed by atoms with Crippen molar-refractivity contribution in [3.63, 3.8) is 0 Å². The molecule has 21 heavy (non-hydrogen) atoms. The summed E-state index contributed by atoms with van der Waals surface area (Å²) in [5.41, 5.74) is 3.48. The summed E-state index contributed by atoms with van der Waals surface area (Å²) < 4.78 is 20.7. The Morgan fingerprint density at radius 2 is 2.00 bits per heavy atom. The topological polar surface area (TPSA) is 35.1 Å². The van der Waals surface area contributed by atoms with E-state index in [2.05, 4.69) is 15.9 Å². The molecule has 1 unspecified atom stereocenters. The molecule has 0 spiro atoms. The minimum Gasteiger partial charge on any atom is -0.408 e. The number of alkyl halides is 1. The summed E-state index contributed by atoms with van der Waals surface area (Å²) in [6.07, 6.45) is 0. The highest BCUT2D eigenvalue weighted by molar-refractivity contribution is 9.09. The first-order valence-corrected chi connectivity index (χ1v) is 7.38. The molecule has 1 heterocycles. The molecule has 0 radical (unpaired) electrons. The van der Waals surface area contributed by atoms with E-state index < -0.39 is 5.76 Å². The van der Waals surface area contributed by atoms with Gasteiger partial charge in [-0.25, -0.2) is 9.18 Å². The van der Waals surface area contributed by atoms with Crippen LogP contribution in [-0.4, -0.2) is 4.57 Å². The smallest absolute Gasteiger partial charge is 0.408 e. The Morgan fingerprint density at radius 1 is 1.24 bits per heavy atom. The first kappa shape index (κ1) is 14.1. The van der Waals surface area contributed by atoms with Gasteiger partial charge in [0.15, 0.2) is 5.58 Å². The average Bonchev–Trinajstić information content (AvgIpc) is 2.73. The molecular formula is C16H13BrFNO2. The molecular weight excluding hydrogens is 337 g/mol. The maximum atomic E-state index is 14.1. The van der Waals surface area contributed by atoms with Gasteiger partial charge >= 0.3 is 5.76 Å². The number of aromatic nitrogens is 1. The fourth-order valence-corrected chi connectivity index (χ4v) is 2.98. The normalized spacial score (nSPS) is 12.8. The first-order valence-electron chi connectivity index (χ1n) is 6.47. The van der Waals surface area contributed by atoms with Gasteiger partial charge in [0.2, 0.25) is 0 Å². The van der Waals surface area contributed by atoms with Crippen molar-refractivity contribution < 1.29 is 8.81 Å². The van der Waals surface area contributed by atoms with Crippen LogP contribution in [0.25, 0.3) is 11.1 Å². The zero-order valence-electron chi connectivity index (χ0n) is 11.6. The van der Waals surface area contributed by atoms with Crippen molar-refractivity contribution in [1.29, 1.82) is 0 Å². The van der Waals surface area contributed by atoms with Crippen molar-refractivity contribution in [2.45, 2.75) is 11.8 Å². The minimum atomic E-state index is -0.408. The van der Waals surface area contributed by atoms with Crippen LogP contribution in [0.15, 0.2) is 45.6 Å². The second-order valence-electron chi connectivity index (χ2n) is 5.04. The zero-order valence-corrected chi connectivity index (χ0v) is 13.1. The van der Waals surface area contributed by atoms with Gasteiger partial charge in [-0.2, -0.15) is 0 Å². The number of hydrogen-bond donors (Lipinski definition) is 0. The summed E-state index contributed by atoms with van der Waals surface area (Å²) in [5.74, 6) is -0.665. The van der Waals surface area contributed by atoms with E-state index in [-0.39, 0.29) is 10.6 Å². The Kier molecular flexibility index (Phi) is 3.45. The van der Waals surface area contributed by atoms with E-state index in [0.717, 1.165) is 11.1 Å². The summed E-state index contributed by atoms with van der Waals surface area (Å²) in [6, 6.07) is 10.6. The molecule has 0 saturated carbocycles. The van der Waals surface area contributed by atoms with Crippen LogP contribution in [0.2, 0.25) is 0 Å². The monoisotopic (exact) mass is 349 g/mol. The van der Waals surface area contributed by atoms with Crippen LogP contribution in [0.1, 0.15) is 21.5 Å². The average molecular weight is 350 g/mol. The lowest BCUT2D eigenvalue weighted by Crippen LogP contribution is -2.08. The van der Waals surface area contributed by atoms with Gasteiger partial charge in [-0.15, -0.1) is 0 Å². The van der Waals surface area contributed by atoms with E-state index in [9.17, 15) is 9.18 Å². The summed E-state index contributed by atoms with van der Waals surface area (Å²) in [4.78, 5) is 11.2. The highest BCUT2D eigenvalue weighted by Crippen LogP contribution is 2.34. The summed E-state index contributed by atoms with van der Waals surface area (Å²) in [6.45, 7) is 1.85. The van der Waals surface area contributed by atoms with Crippen LogP contribution >= 0.6 is 15.9 Å². The van der Waals surface area contributed by atoms with E-state index >= 15 is 0 Å². The van der Waals surface area contributed by atoms with Gasteiger partial charge in [0.25, 0.3) is 0 Å². The first-order chi connectivity index (χ1) is 9.97. The molecule has 0 N–H and O–H groups in total. The van der Waals surface area contributed by atoms with Gasteiger partial charge in [0.05, 0.1) is 10.3 Å². The van der Waals surface area contributed by atoms with E-state index in [1.54, 1.807) is 25.2 Å². The Bertz CT molecular complexity index is 882. The summed E-state index contributed by atoms with van der Waals surface area (Å²) in [7, 11) is 1.65. The van der Waals surface area contributed by atoms with E-state index in [1.165, 1.54) is 10.6 Å². The van der Waals surface area contributed by atoms with E-state index in [4.69, 9.17) is 4.42 Å². The molecule has 0 amide bonds. The number of rotatable bonds is 2. The predicted molar refractivity (Wildman–Crippen MR) is 83.4 cm³/mol. The number of aryl methyl sites for hydroxylation is 2. The predicted octanol–water partition coefficient (Wildman–Crippen LogP) is 4.06. The van der Waals surface area contributed by atoms with E-state index in [0.29, 0.717) is 16.7 Å². The summed E-state index contributed by atoms with van der Waals surface area (Å²) >= 11 is 3.51. The van der Waals surface area contributed by atoms with Gasteiger partial charge in [-0.1, -0.05) is 34.1 Å². The highest BCUT2D eigenvalue weighted by Gasteiger charge is 2.16. The van der Waals surface area contributed by atoms with Crippen LogP contribution in [0.3, 0.4) is 0 Å². The van der Waals surface area contributed by atoms with Crippen molar-refractivity contribution in [3.05, 3.63) is 69.5 Å². The quantitative estimate of drug-likeness (QED) is 0.654. The molecule has 0 fully saturated rings. The number of halogens is 2. The molecule has 0 aliphatic carbocycles. The molecule has 2 aromatic carbocycles. The van der Waals surface area contributed by atoms with Crippen LogP contribution in [-0.2, 0) is 7.05 Å². The van der Waals surface area contributed by atoms with Crippen molar-refractivity contribution in [2.75, 3.05) is 0 Å². The fourth-order valence-electron chi connectivity index (χ4n) is 2.33. The number of benzene rings is 2. The molecule has 3 aromatic rings. The number of fused-ring (bicyclic) bond motifs is 1. The van der Waals surface area contributed by atoms with Gasteiger partial charge in [-0.3, -0.25) is 4.57 Å². The molecule has 3 rings (SSSR count). The van der Waals surface area contributed by atoms with Crippen molar-refractivity contribution >= 4 is 27.0 Å². The summed E-state index contributed by atoms with van der Waals surface area (Å²) in [5, 5.41) is 0. The fraction of sp³-hybridized carbons (Fsp3) is 0.188. The molecule has 0 saturated heterocycles. The second-order valence-corrected chi connectivity index (χ2v) is 5.96. The third-order valence-corrected chi connectivity index (χ3v) is 4.56. The Labute approximate surface area is 129 Å². The zero-order chi connectivity index (χ0) is 15.1. The second kappa shape index (κ2) is 5.15. The third kappa shape index (κ3) is 2.42. The molecule has 1 aromatic heterocycles. The molecule has 1 atom stereocenters. The molecule has 0 aliphatic rings. The molecule has 108 valence electrons. The van der Waals surface area contributed by atoms with Crippen LogP contribution in [0, 0.1) is 12.7 Å². The maximum absolute atomic E-state index is 14.1. The lowest BCUT2D eigenvalue weighted by molar-refractivity contribution is 0.528. The highest BCUT2D eigenvalue weighted by atomic mass is 79.9. The van der Waals surface area contributed by atoms with Gasteiger partial charge < -0.3 is 4.42 Å². The largest absolute Gasteiger partial charge is 0.419 e. The third-order valence-electron chi connectivity index (χ3n) is 3.54. The molecule has 0 aliphatic heterocycles. The minimum absolute atomic E-state index is 0.258. The Balaban J connectivity index is 2.09.